The van der Waals surface area contributed by atoms with Crippen molar-refractivity contribution in [3.05, 3.63) is 71.7 Å². The van der Waals surface area contributed by atoms with Gasteiger partial charge in [0.05, 0.1) is 29.0 Å². The number of pyridine rings is 1. The minimum Gasteiger partial charge on any atom is -0.347 e. The maximum atomic E-state index is 13.5. The number of aromatic nitrogens is 1. The zero-order valence-electron chi connectivity index (χ0n) is 20.7. The highest BCUT2D eigenvalue weighted by atomic mass is 32.1. The average Bonchev–Trinajstić information content (AvgIpc) is 3.55. The summed E-state index contributed by atoms with van der Waals surface area (Å²) in [5, 5.41) is 9.61. The molecule has 0 spiro atoms. The lowest BCUT2D eigenvalue weighted by atomic mass is 10.0. The minimum absolute atomic E-state index is 0.0127. The van der Waals surface area contributed by atoms with E-state index < -0.39 is 0 Å². The molecule has 4 heterocycles. The van der Waals surface area contributed by atoms with Crippen LogP contribution < -0.4 is 20.9 Å². The number of rotatable bonds is 6. The second-order valence-corrected chi connectivity index (χ2v) is 10.3. The van der Waals surface area contributed by atoms with Gasteiger partial charge in [-0.25, -0.2) is 9.78 Å². The van der Waals surface area contributed by atoms with Crippen molar-refractivity contribution in [2.45, 2.75) is 12.5 Å². The predicted molar refractivity (Wildman–Crippen MR) is 149 cm³/mol. The third-order valence-corrected chi connectivity index (χ3v) is 7.96. The van der Waals surface area contributed by atoms with Gasteiger partial charge < -0.3 is 20.9 Å². The monoisotopic (exact) mass is 526 g/mol. The van der Waals surface area contributed by atoms with Crippen LogP contribution in [-0.4, -0.2) is 60.5 Å². The third kappa shape index (κ3) is 4.27. The fourth-order valence-corrected chi connectivity index (χ4v) is 6.10. The summed E-state index contributed by atoms with van der Waals surface area (Å²) in [5.74, 6) is -0.263. The normalized spacial score (nSPS) is 16.6. The van der Waals surface area contributed by atoms with Gasteiger partial charge in [0, 0.05) is 25.3 Å². The molecule has 2 aliphatic rings. The van der Waals surface area contributed by atoms with Crippen molar-refractivity contribution in [1.29, 1.82) is 0 Å². The minimum atomic E-state index is -0.340. The number of hydrogen-bond acceptors (Lipinski definition) is 6. The molecule has 6 rings (SSSR count). The molecule has 10 heteroatoms. The summed E-state index contributed by atoms with van der Waals surface area (Å²) in [6.45, 7) is 1.34. The lowest BCUT2D eigenvalue weighted by molar-refractivity contribution is -0.129. The van der Waals surface area contributed by atoms with E-state index in [0.29, 0.717) is 40.6 Å². The summed E-state index contributed by atoms with van der Waals surface area (Å²) in [6, 6.07) is 19.1. The van der Waals surface area contributed by atoms with Gasteiger partial charge in [0.15, 0.2) is 0 Å². The molecular weight excluding hydrogens is 500 g/mol. The Kier molecular flexibility index (Phi) is 6.26. The van der Waals surface area contributed by atoms with Gasteiger partial charge in [-0.05, 0) is 42.8 Å². The van der Waals surface area contributed by atoms with Gasteiger partial charge >= 0.3 is 6.03 Å². The van der Waals surface area contributed by atoms with E-state index in [0.717, 1.165) is 22.2 Å². The van der Waals surface area contributed by atoms with E-state index in [4.69, 9.17) is 0 Å². The van der Waals surface area contributed by atoms with Gasteiger partial charge in [0.2, 0.25) is 5.91 Å². The molecular formula is C28H26N6O3S. The molecule has 38 heavy (non-hydrogen) atoms. The van der Waals surface area contributed by atoms with Crippen molar-refractivity contribution in [3.8, 4) is 11.1 Å². The summed E-state index contributed by atoms with van der Waals surface area (Å²) in [6.07, 6.45) is 2.34. The Labute approximate surface area is 223 Å². The first-order chi connectivity index (χ1) is 18.5. The maximum Gasteiger partial charge on any atom is 0.331 e. The number of nitrogens with one attached hydrogen (secondary N) is 3. The van der Waals surface area contributed by atoms with Crippen LogP contribution in [0.4, 0.5) is 21.9 Å². The molecule has 1 saturated heterocycles. The summed E-state index contributed by atoms with van der Waals surface area (Å²) in [7, 11) is 1.73. The Balaban J connectivity index is 1.31. The highest BCUT2D eigenvalue weighted by Crippen LogP contribution is 2.46. The van der Waals surface area contributed by atoms with E-state index in [1.807, 2.05) is 54.6 Å². The van der Waals surface area contributed by atoms with Crippen LogP contribution in [0, 0.1) is 0 Å². The van der Waals surface area contributed by atoms with Crippen LogP contribution in [0.3, 0.4) is 0 Å². The molecule has 0 unspecified atom stereocenters. The number of nitrogens with zero attached hydrogens (tertiary/aromatic N) is 3. The highest BCUT2D eigenvalue weighted by molar-refractivity contribution is 7.21. The summed E-state index contributed by atoms with van der Waals surface area (Å²) < 4.78 is 0. The van der Waals surface area contributed by atoms with Crippen LogP contribution >= 0.6 is 11.3 Å². The van der Waals surface area contributed by atoms with Gasteiger partial charge in [-0.15, -0.1) is 11.3 Å². The van der Waals surface area contributed by atoms with E-state index in [1.165, 1.54) is 11.3 Å². The van der Waals surface area contributed by atoms with Crippen LogP contribution in [0.2, 0.25) is 0 Å². The molecule has 1 fully saturated rings. The molecule has 2 aromatic heterocycles. The molecule has 0 bridgehead atoms. The zero-order chi connectivity index (χ0) is 26.2. The summed E-state index contributed by atoms with van der Waals surface area (Å²) >= 11 is 1.25. The van der Waals surface area contributed by atoms with Crippen molar-refractivity contribution >= 4 is 56.5 Å². The van der Waals surface area contributed by atoms with E-state index in [9.17, 15) is 14.4 Å². The number of urea groups is 1. The fourth-order valence-electron chi connectivity index (χ4n) is 5.07. The van der Waals surface area contributed by atoms with Gasteiger partial charge in [-0.3, -0.25) is 14.5 Å². The second kappa shape index (κ2) is 9.88. The predicted octanol–water partition coefficient (Wildman–Crippen LogP) is 4.20. The topological polar surface area (TPSA) is 107 Å². The van der Waals surface area contributed by atoms with Crippen LogP contribution in [0.25, 0.3) is 21.3 Å². The Morgan fingerprint density at radius 1 is 1.11 bits per heavy atom. The molecule has 0 saturated carbocycles. The maximum absolute atomic E-state index is 13.5. The van der Waals surface area contributed by atoms with Crippen LogP contribution in [0.15, 0.2) is 66.9 Å². The standard InChI is InChI=1S/C28H26N6O3S/c1-29-15-22(35)33-13-11-19(16-33)31-26(36)25-24-23-21(10-12-30-27(23)38-25)34(28(37)32-24)20-9-5-8-18(14-20)17-6-3-2-4-7-17/h2-10,12,14,19,29H,11,13,15-16H2,1H3,(H,31,36)(H,32,37)/t19-/m1/s1. The van der Waals surface area contributed by atoms with E-state index >= 15 is 0 Å². The van der Waals surface area contributed by atoms with Crippen molar-refractivity contribution in [2.24, 2.45) is 0 Å². The number of amides is 4. The zero-order valence-corrected chi connectivity index (χ0v) is 21.5. The quantitative estimate of drug-likeness (QED) is 0.349. The Morgan fingerprint density at radius 3 is 2.74 bits per heavy atom. The first-order valence-electron chi connectivity index (χ1n) is 12.4. The van der Waals surface area contributed by atoms with Crippen LogP contribution in [0.1, 0.15) is 16.1 Å². The van der Waals surface area contributed by atoms with Crippen molar-refractivity contribution in [3.63, 3.8) is 0 Å². The summed E-state index contributed by atoms with van der Waals surface area (Å²) in [4.78, 5) is 47.9. The largest absolute Gasteiger partial charge is 0.347 e. The molecule has 2 aromatic carbocycles. The van der Waals surface area contributed by atoms with E-state index in [-0.39, 0.29) is 30.4 Å². The van der Waals surface area contributed by atoms with Crippen molar-refractivity contribution in [1.82, 2.24) is 20.5 Å². The van der Waals surface area contributed by atoms with Gasteiger partial charge in [0.25, 0.3) is 5.91 Å². The molecule has 2 aliphatic heterocycles. The number of thiophene rings is 1. The fraction of sp³-hybridized carbons (Fsp3) is 0.214. The lowest BCUT2D eigenvalue weighted by Gasteiger charge is -2.28. The van der Waals surface area contributed by atoms with Crippen LogP contribution in [-0.2, 0) is 4.79 Å². The smallest absolute Gasteiger partial charge is 0.331 e. The molecule has 4 amide bonds. The average molecular weight is 527 g/mol. The van der Waals surface area contributed by atoms with Crippen molar-refractivity contribution < 1.29 is 14.4 Å². The lowest BCUT2D eigenvalue weighted by Crippen LogP contribution is -2.40. The second-order valence-electron chi connectivity index (χ2n) is 9.33. The number of hydrogen-bond donors (Lipinski definition) is 3. The van der Waals surface area contributed by atoms with Crippen molar-refractivity contribution in [2.75, 3.05) is 36.9 Å². The Hall–Kier alpha value is -4.28. The van der Waals surface area contributed by atoms with E-state index in [2.05, 4.69) is 20.9 Å². The molecule has 4 aromatic rings. The molecule has 9 nitrogen and oxygen atoms in total. The van der Waals surface area contributed by atoms with Gasteiger partial charge in [0.1, 0.15) is 9.71 Å². The van der Waals surface area contributed by atoms with Gasteiger partial charge in [-0.1, -0.05) is 42.5 Å². The molecule has 0 radical (unpaired) electrons. The molecule has 192 valence electrons. The molecule has 0 aliphatic carbocycles. The number of benzene rings is 2. The first-order valence-corrected chi connectivity index (χ1v) is 13.3. The highest BCUT2D eigenvalue weighted by Gasteiger charge is 2.34. The third-order valence-electron chi connectivity index (χ3n) is 6.87. The molecule has 3 N–H and O–H groups in total. The number of likely N-dealkylation sites (tertiary alicyclic amines) is 1. The van der Waals surface area contributed by atoms with Gasteiger partial charge in [-0.2, -0.15) is 0 Å². The van der Waals surface area contributed by atoms with Crippen LogP contribution in [0.5, 0.6) is 0 Å². The molecule has 1 atom stereocenters. The Morgan fingerprint density at radius 2 is 1.92 bits per heavy atom. The number of carbonyl (C=O) groups excluding carboxylic acids is 3. The Bertz CT molecular complexity index is 1550. The number of anilines is 3. The van der Waals surface area contributed by atoms with E-state index in [1.54, 1.807) is 29.1 Å². The first kappa shape index (κ1) is 24.1. The summed E-state index contributed by atoms with van der Waals surface area (Å²) in [5.41, 5.74) is 3.93. The number of likely N-dealkylation sites (N-methyl/N-ethyl adjacent to an activating group) is 1. The SMILES string of the molecule is CNCC(=O)N1CC[C@@H](NC(=O)c2sc3nccc4c3c2NC(=O)N4c2cccc(-c3ccccc3)c2)C1. The number of carbonyl (C=O) groups is 3.